The first-order chi connectivity index (χ1) is 15.5. The molecular formula is C24H21Cl2N3O3. The molecule has 0 fully saturated rings. The van der Waals surface area contributed by atoms with Gasteiger partial charge in [0.1, 0.15) is 12.4 Å². The Morgan fingerprint density at radius 2 is 1.56 bits per heavy atom. The summed E-state index contributed by atoms with van der Waals surface area (Å²) in [5.41, 5.74) is 4.61. The number of carbonyl (C=O) groups excluding carboxylic acids is 2. The number of hydrogen-bond acceptors (Lipinski definition) is 4. The van der Waals surface area contributed by atoms with Crippen molar-refractivity contribution < 1.29 is 14.3 Å². The van der Waals surface area contributed by atoms with Crippen molar-refractivity contribution in [3.63, 3.8) is 0 Å². The highest BCUT2D eigenvalue weighted by Crippen LogP contribution is 2.21. The number of anilines is 1. The highest BCUT2D eigenvalue weighted by atomic mass is 35.5. The van der Waals surface area contributed by atoms with Gasteiger partial charge in [-0.15, -0.1) is 0 Å². The van der Waals surface area contributed by atoms with Gasteiger partial charge in [-0.3, -0.25) is 9.59 Å². The van der Waals surface area contributed by atoms with E-state index in [1.165, 1.54) is 6.21 Å². The van der Waals surface area contributed by atoms with E-state index in [9.17, 15) is 9.59 Å². The van der Waals surface area contributed by atoms with E-state index in [4.69, 9.17) is 27.9 Å². The Kier molecular flexibility index (Phi) is 8.66. The predicted molar refractivity (Wildman–Crippen MR) is 127 cm³/mol. The van der Waals surface area contributed by atoms with Crippen LogP contribution in [0.1, 0.15) is 24.0 Å². The van der Waals surface area contributed by atoms with Crippen LogP contribution in [-0.4, -0.2) is 18.0 Å². The Morgan fingerprint density at radius 3 is 2.34 bits per heavy atom. The van der Waals surface area contributed by atoms with Gasteiger partial charge >= 0.3 is 0 Å². The van der Waals surface area contributed by atoms with E-state index >= 15 is 0 Å². The van der Waals surface area contributed by atoms with Gasteiger partial charge in [0.25, 0.3) is 0 Å². The van der Waals surface area contributed by atoms with E-state index in [-0.39, 0.29) is 24.7 Å². The lowest BCUT2D eigenvalue weighted by Gasteiger charge is -2.09. The fraction of sp³-hybridized carbons (Fsp3) is 0.125. The largest absolute Gasteiger partial charge is 0.488 e. The van der Waals surface area contributed by atoms with Crippen LogP contribution < -0.4 is 15.5 Å². The number of benzene rings is 3. The molecule has 6 nitrogen and oxygen atoms in total. The van der Waals surface area contributed by atoms with Gasteiger partial charge in [0.05, 0.1) is 16.9 Å². The second-order valence-electron chi connectivity index (χ2n) is 6.77. The van der Waals surface area contributed by atoms with Crippen molar-refractivity contribution in [1.29, 1.82) is 0 Å². The predicted octanol–water partition coefficient (Wildman–Crippen LogP) is 5.44. The molecule has 0 heterocycles. The molecule has 0 aliphatic rings. The number of amides is 2. The average Bonchev–Trinajstić information content (AvgIpc) is 2.80. The summed E-state index contributed by atoms with van der Waals surface area (Å²) in [6, 6.07) is 21.6. The van der Waals surface area contributed by atoms with E-state index in [0.717, 1.165) is 5.56 Å². The van der Waals surface area contributed by atoms with Crippen LogP contribution in [0.25, 0.3) is 0 Å². The highest BCUT2D eigenvalue weighted by Gasteiger charge is 2.08. The van der Waals surface area contributed by atoms with Crippen molar-refractivity contribution in [2.24, 2.45) is 5.10 Å². The zero-order valence-electron chi connectivity index (χ0n) is 17.1. The third-order valence-corrected chi connectivity index (χ3v) is 4.93. The van der Waals surface area contributed by atoms with Crippen LogP contribution in [0.2, 0.25) is 10.0 Å². The van der Waals surface area contributed by atoms with Crippen LogP contribution in [0.5, 0.6) is 5.75 Å². The highest BCUT2D eigenvalue weighted by molar-refractivity contribution is 6.33. The second-order valence-corrected chi connectivity index (χ2v) is 7.62. The quantitative estimate of drug-likeness (QED) is 0.323. The van der Waals surface area contributed by atoms with Crippen LogP contribution in [0.4, 0.5) is 5.69 Å². The Balaban J connectivity index is 1.47. The molecule has 0 saturated heterocycles. The molecule has 0 aliphatic heterocycles. The molecule has 2 amide bonds. The van der Waals surface area contributed by atoms with Gasteiger partial charge in [0.15, 0.2) is 0 Å². The standard InChI is InChI=1S/C24H21Cl2N3O3/c25-19-11-9-17(10-12-19)16-32-22-8-4-1-5-18(22)15-27-29-24(31)14-13-23(30)28-21-7-3-2-6-20(21)26/h1-12,15H,13-14,16H2,(H,28,30)(H,29,31). The summed E-state index contributed by atoms with van der Waals surface area (Å²) in [6.07, 6.45) is 1.49. The van der Waals surface area contributed by atoms with Crippen molar-refractivity contribution in [3.05, 3.63) is 94.0 Å². The number of carbonyl (C=O) groups is 2. The lowest BCUT2D eigenvalue weighted by atomic mass is 10.2. The maximum atomic E-state index is 12.0. The van der Waals surface area contributed by atoms with Crippen molar-refractivity contribution in [2.75, 3.05) is 5.32 Å². The average molecular weight is 470 g/mol. The summed E-state index contributed by atoms with van der Waals surface area (Å²) < 4.78 is 5.86. The molecule has 2 N–H and O–H groups in total. The summed E-state index contributed by atoms with van der Waals surface area (Å²) in [6.45, 7) is 0.370. The number of nitrogens with zero attached hydrogens (tertiary/aromatic N) is 1. The van der Waals surface area contributed by atoms with Gasteiger partial charge in [0.2, 0.25) is 11.8 Å². The van der Waals surface area contributed by atoms with Gasteiger partial charge in [-0.25, -0.2) is 5.43 Å². The number of ether oxygens (including phenoxy) is 1. The molecule has 0 radical (unpaired) electrons. The van der Waals surface area contributed by atoms with Crippen molar-refractivity contribution >= 4 is 46.9 Å². The monoisotopic (exact) mass is 469 g/mol. The normalized spacial score (nSPS) is 10.7. The van der Waals surface area contributed by atoms with E-state index in [2.05, 4.69) is 15.8 Å². The van der Waals surface area contributed by atoms with Crippen LogP contribution in [0.15, 0.2) is 77.9 Å². The van der Waals surface area contributed by atoms with Crippen LogP contribution >= 0.6 is 23.2 Å². The topological polar surface area (TPSA) is 79.8 Å². The number of halogens is 2. The third kappa shape index (κ3) is 7.41. The minimum atomic E-state index is -0.380. The fourth-order valence-corrected chi connectivity index (χ4v) is 3.00. The zero-order chi connectivity index (χ0) is 22.8. The Bertz CT molecular complexity index is 1100. The number of nitrogens with one attached hydrogen (secondary N) is 2. The first-order valence-electron chi connectivity index (χ1n) is 9.84. The number of hydrazone groups is 1. The van der Waals surface area contributed by atoms with E-state index in [1.54, 1.807) is 36.4 Å². The molecule has 0 bridgehead atoms. The van der Waals surface area contributed by atoms with Crippen LogP contribution in [-0.2, 0) is 16.2 Å². The van der Waals surface area contributed by atoms with Gasteiger partial charge in [-0.05, 0) is 42.0 Å². The van der Waals surface area contributed by atoms with Gasteiger partial charge in [-0.1, -0.05) is 59.6 Å². The van der Waals surface area contributed by atoms with Gasteiger partial charge in [-0.2, -0.15) is 5.10 Å². The van der Waals surface area contributed by atoms with Crippen molar-refractivity contribution in [1.82, 2.24) is 5.43 Å². The molecule has 164 valence electrons. The maximum absolute atomic E-state index is 12.0. The van der Waals surface area contributed by atoms with Gasteiger partial charge < -0.3 is 10.1 Å². The summed E-state index contributed by atoms with van der Waals surface area (Å²) in [5, 5.41) is 7.74. The molecular weight excluding hydrogens is 449 g/mol. The Morgan fingerprint density at radius 1 is 0.875 bits per heavy atom. The first kappa shape index (κ1) is 23.3. The minimum absolute atomic E-state index is 0.00731. The summed E-state index contributed by atoms with van der Waals surface area (Å²) in [4.78, 5) is 24.0. The van der Waals surface area contributed by atoms with E-state index < -0.39 is 0 Å². The number of rotatable bonds is 9. The minimum Gasteiger partial charge on any atom is -0.488 e. The fourth-order valence-electron chi connectivity index (χ4n) is 2.69. The van der Waals surface area contributed by atoms with E-state index in [0.29, 0.717) is 33.7 Å². The summed E-state index contributed by atoms with van der Waals surface area (Å²) >= 11 is 11.9. The second kappa shape index (κ2) is 11.9. The number of hydrogen-bond donors (Lipinski definition) is 2. The molecule has 3 aromatic carbocycles. The molecule has 8 heteroatoms. The Hall–Kier alpha value is -3.35. The first-order valence-corrected chi connectivity index (χ1v) is 10.6. The molecule has 0 spiro atoms. The Labute approximate surface area is 196 Å². The molecule has 0 unspecified atom stereocenters. The smallest absolute Gasteiger partial charge is 0.240 e. The van der Waals surface area contributed by atoms with E-state index in [1.807, 2.05) is 36.4 Å². The van der Waals surface area contributed by atoms with Crippen LogP contribution in [0, 0.1) is 0 Å². The molecule has 3 aromatic rings. The molecule has 3 rings (SSSR count). The van der Waals surface area contributed by atoms with Gasteiger partial charge in [0, 0.05) is 23.4 Å². The summed E-state index contributed by atoms with van der Waals surface area (Å²) in [5.74, 6) is -0.0622. The van der Waals surface area contributed by atoms with Crippen molar-refractivity contribution in [2.45, 2.75) is 19.4 Å². The molecule has 0 aromatic heterocycles. The molecule has 0 aliphatic carbocycles. The maximum Gasteiger partial charge on any atom is 0.240 e. The molecule has 32 heavy (non-hydrogen) atoms. The van der Waals surface area contributed by atoms with Crippen LogP contribution in [0.3, 0.4) is 0 Å². The van der Waals surface area contributed by atoms with Crippen molar-refractivity contribution in [3.8, 4) is 5.75 Å². The number of para-hydroxylation sites is 2. The summed E-state index contributed by atoms with van der Waals surface area (Å²) in [7, 11) is 0. The lowest BCUT2D eigenvalue weighted by Crippen LogP contribution is -2.20. The third-order valence-electron chi connectivity index (χ3n) is 4.35. The molecule has 0 saturated carbocycles. The SMILES string of the molecule is O=C(CCC(=O)Nc1ccccc1Cl)NN=Cc1ccccc1OCc1ccc(Cl)cc1. The zero-order valence-corrected chi connectivity index (χ0v) is 18.6. The molecule has 0 atom stereocenters. The lowest BCUT2D eigenvalue weighted by molar-refractivity contribution is -0.124.